The molecule has 0 amide bonds. The predicted molar refractivity (Wildman–Crippen MR) is 137 cm³/mol. The van der Waals surface area contributed by atoms with Crippen LogP contribution in [-0.4, -0.2) is 67.0 Å². The molecule has 10 nitrogen and oxygen atoms in total. The molecule has 11 heteroatoms. The molecule has 182 valence electrons. The lowest BCUT2D eigenvalue weighted by Crippen LogP contribution is -2.54. The van der Waals surface area contributed by atoms with Crippen LogP contribution in [0.25, 0.3) is 33.5 Å². The van der Waals surface area contributed by atoms with E-state index in [1.54, 1.807) is 6.20 Å². The second-order valence-electron chi connectivity index (χ2n) is 10.2. The first kappa shape index (κ1) is 22.4. The number of hydrogen-bond donors (Lipinski definition) is 3. The third-order valence-corrected chi connectivity index (χ3v) is 7.60. The summed E-state index contributed by atoms with van der Waals surface area (Å²) < 4.78 is 0. The van der Waals surface area contributed by atoms with Crippen LogP contribution in [0.3, 0.4) is 0 Å². The largest absolute Gasteiger partial charge is 0.390 e. The van der Waals surface area contributed by atoms with Crippen LogP contribution >= 0.6 is 11.6 Å². The topological polar surface area (TPSA) is 133 Å². The van der Waals surface area contributed by atoms with Crippen LogP contribution in [0.2, 0.25) is 5.02 Å². The zero-order valence-electron chi connectivity index (χ0n) is 20.0. The van der Waals surface area contributed by atoms with E-state index in [1.807, 2.05) is 31.1 Å². The van der Waals surface area contributed by atoms with Gasteiger partial charge in [0.15, 0.2) is 11.5 Å². The molecular weight excluding hydrogens is 466 g/mol. The van der Waals surface area contributed by atoms with Crippen molar-refractivity contribution in [3.05, 3.63) is 29.0 Å². The number of nitrogens with one attached hydrogen (secondary N) is 1. The van der Waals surface area contributed by atoms with Gasteiger partial charge in [-0.15, -0.1) is 0 Å². The van der Waals surface area contributed by atoms with Gasteiger partial charge in [0.25, 0.3) is 0 Å². The molecule has 1 aromatic carbocycles. The summed E-state index contributed by atoms with van der Waals surface area (Å²) in [5.41, 5.74) is 10.5. The Hall–Kier alpha value is -3.08. The second-order valence-corrected chi connectivity index (χ2v) is 10.6. The van der Waals surface area contributed by atoms with Crippen molar-refractivity contribution in [2.75, 3.05) is 23.9 Å². The quantitative estimate of drug-likeness (QED) is 0.392. The van der Waals surface area contributed by atoms with E-state index < -0.39 is 0 Å². The molecule has 0 radical (unpaired) electrons. The average Bonchev–Trinajstić information content (AvgIpc) is 3.36. The Labute approximate surface area is 207 Å². The fraction of sp³-hybridized carbons (Fsp3) is 0.458. The third kappa shape index (κ3) is 3.59. The second kappa shape index (κ2) is 7.97. The van der Waals surface area contributed by atoms with Crippen LogP contribution in [0.5, 0.6) is 0 Å². The van der Waals surface area contributed by atoms with Crippen molar-refractivity contribution in [1.29, 1.82) is 0 Å². The number of fused-ring (bicyclic) bond motifs is 4. The summed E-state index contributed by atoms with van der Waals surface area (Å²) in [6, 6.07) is 4.32. The molecule has 0 saturated carbocycles. The number of anilines is 2. The Morgan fingerprint density at radius 1 is 1.17 bits per heavy atom. The molecule has 2 aliphatic rings. The van der Waals surface area contributed by atoms with E-state index in [4.69, 9.17) is 27.3 Å². The summed E-state index contributed by atoms with van der Waals surface area (Å²) in [6.07, 6.45) is 5.64. The third-order valence-electron chi connectivity index (χ3n) is 7.22. The lowest BCUT2D eigenvalue weighted by atomic mass is 9.85. The van der Waals surface area contributed by atoms with E-state index in [1.165, 1.54) is 0 Å². The summed E-state index contributed by atoms with van der Waals surface area (Å²) in [4.78, 5) is 23.1. The number of benzene rings is 1. The Morgan fingerprint density at radius 2 is 1.91 bits per heavy atom. The SMILES string of the molecule is CN(C)c1cnc2ccc(-c3n[nH]c4nc(N5C6CCC5CC(C)(N)C6)c(CO)nc34)c(Cl)c2n1. The number of hydrogen-bond acceptors (Lipinski definition) is 9. The van der Waals surface area contributed by atoms with E-state index in [9.17, 15) is 5.11 Å². The first-order valence-electron chi connectivity index (χ1n) is 11.8. The molecule has 3 aromatic heterocycles. The number of piperidine rings is 1. The smallest absolute Gasteiger partial charge is 0.177 e. The number of aliphatic hydroxyl groups excluding tert-OH is 1. The number of aromatic amines is 1. The minimum atomic E-state index is -0.220. The minimum Gasteiger partial charge on any atom is -0.390 e. The molecule has 35 heavy (non-hydrogen) atoms. The number of nitrogens with zero attached hydrogens (tertiary/aromatic N) is 7. The first-order valence-corrected chi connectivity index (χ1v) is 12.2. The highest BCUT2D eigenvalue weighted by Crippen LogP contribution is 2.43. The van der Waals surface area contributed by atoms with Crippen molar-refractivity contribution in [2.24, 2.45) is 5.73 Å². The lowest BCUT2D eigenvalue weighted by molar-refractivity contribution is 0.273. The highest BCUT2D eigenvalue weighted by Gasteiger charge is 2.45. The van der Waals surface area contributed by atoms with Gasteiger partial charge in [0.05, 0.1) is 23.3 Å². The molecule has 2 bridgehead atoms. The standard InChI is InChI=1S/C24H28ClN9O/c1-24(26)8-12-4-5-13(9-24)34(12)23-16(11-35)28-21-19(31-32-22(21)30-23)14-6-7-15-20(18(14)25)29-17(10-27-15)33(2)3/h6-7,10,12-13,35H,4-5,8-9,11,26H2,1-3H3,(H,30,31,32). The summed E-state index contributed by atoms with van der Waals surface area (Å²) in [6.45, 7) is 1.90. The molecule has 2 unspecified atom stereocenters. The first-order chi connectivity index (χ1) is 16.8. The van der Waals surface area contributed by atoms with Gasteiger partial charge < -0.3 is 20.6 Å². The maximum Gasteiger partial charge on any atom is 0.177 e. The van der Waals surface area contributed by atoms with Crippen LogP contribution in [0, 0.1) is 0 Å². The van der Waals surface area contributed by atoms with Gasteiger partial charge in [-0.25, -0.2) is 15.0 Å². The van der Waals surface area contributed by atoms with Gasteiger partial charge in [0.1, 0.15) is 28.2 Å². The van der Waals surface area contributed by atoms with Gasteiger partial charge in [-0.05, 0) is 44.7 Å². The Balaban J connectivity index is 1.46. The fourth-order valence-corrected chi connectivity index (χ4v) is 5.96. The van der Waals surface area contributed by atoms with Crippen molar-refractivity contribution in [3.63, 3.8) is 0 Å². The number of H-pyrrole nitrogens is 1. The lowest BCUT2D eigenvalue weighted by Gasteiger charge is -2.44. The highest BCUT2D eigenvalue weighted by atomic mass is 35.5. The fourth-order valence-electron chi connectivity index (χ4n) is 5.67. The van der Waals surface area contributed by atoms with Gasteiger partial charge in [-0.2, -0.15) is 5.10 Å². The molecular formula is C24H28ClN9O. The molecule has 5 heterocycles. The molecule has 0 spiro atoms. The van der Waals surface area contributed by atoms with Gasteiger partial charge in [0, 0.05) is 37.3 Å². The number of halogens is 1. The normalized spacial score (nSPS) is 24.0. The molecule has 6 rings (SSSR count). The van der Waals surface area contributed by atoms with Crippen molar-refractivity contribution in [2.45, 2.75) is 56.8 Å². The predicted octanol–water partition coefficient (Wildman–Crippen LogP) is 3.02. The Bertz CT molecular complexity index is 1430. The average molecular weight is 494 g/mol. The Morgan fingerprint density at radius 3 is 2.60 bits per heavy atom. The summed E-state index contributed by atoms with van der Waals surface area (Å²) >= 11 is 6.82. The van der Waals surface area contributed by atoms with Crippen molar-refractivity contribution in [3.8, 4) is 11.3 Å². The van der Waals surface area contributed by atoms with Crippen molar-refractivity contribution in [1.82, 2.24) is 30.1 Å². The van der Waals surface area contributed by atoms with Crippen LogP contribution in [0.1, 0.15) is 38.3 Å². The van der Waals surface area contributed by atoms with Crippen molar-refractivity contribution < 1.29 is 5.11 Å². The molecule has 4 aromatic rings. The molecule has 4 N–H and O–H groups in total. The van der Waals surface area contributed by atoms with Gasteiger partial charge in [0.2, 0.25) is 0 Å². The number of aliphatic hydroxyl groups is 1. The maximum atomic E-state index is 10.2. The van der Waals surface area contributed by atoms with Gasteiger partial charge in [-0.3, -0.25) is 10.1 Å². The van der Waals surface area contributed by atoms with Crippen LogP contribution in [0.15, 0.2) is 18.3 Å². The molecule has 2 aliphatic heterocycles. The number of nitrogens with two attached hydrogens (primary N) is 1. The zero-order chi connectivity index (χ0) is 24.5. The summed E-state index contributed by atoms with van der Waals surface area (Å²) in [5, 5.41) is 18.2. The maximum absolute atomic E-state index is 10.2. The number of rotatable bonds is 4. The van der Waals surface area contributed by atoms with Crippen LogP contribution < -0.4 is 15.5 Å². The van der Waals surface area contributed by atoms with E-state index >= 15 is 0 Å². The van der Waals surface area contributed by atoms with Crippen molar-refractivity contribution >= 4 is 45.4 Å². The molecule has 2 atom stereocenters. The Kier molecular flexibility index (Phi) is 5.10. The van der Waals surface area contributed by atoms with Crippen LogP contribution in [0.4, 0.5) is 11.6 Å². The van der Waals surface area contributed by atoms with E-state index in [0.29, 0.717) is 67.9 Å². The molecule has 0 aliphatic carbocycles. The molecule has 2 saturated heterocycles. The van der Waals surface area contributed by atoms with E-state index in [0.717, 1.165) is 25.7 Å². The monoisotopic (exact) mass is 493 g/mol. The van der Waals surface area contributed by atoms with E-state index in [2.05, 4.69) is 32.0 Å². The van der Waals surface area contributed by atoms with Gasteiger partial charge >= 0.3 is 0 Å². The minimum absolute atomic E-state index is 0.178. The summed E-state index contributed by atoms with van der Waals surface area (Å²) in [7, 11) is 3.81. The van der Waals surface area contributed by atoms with Gasteiger partial charge in [-0.1, -0.05) is 11.6 Å². The zero-order valence-corrected chi connectivity index (χ0v) is 20.7. The summed E-state index contributed by atoms with van der Waals surface area (Å²) in [5.74, 6) is 1.42. The van der Waals surface area contributed by atoms with E-state index in [-0.39, 0.29) is 12.1 Å². The molecule has 2 fully saturated rings. The highest BCUT2D eigenvalue weighted by molar-refractivity contribution is 6.38. The number of aromatic nitrogens is 6. The van der Waals surface area contributed by atoms with Crippen LogP contribution in [-0.2, 0) is 6.61 Å².